The van der Waals surface area contributed by atoms with E-state index < -0.39 is 23.8 Å². The summed E-state index contributed by atoms with van der Waals surface area (Å²) < 4.78 is 7.77. The first-order valence-electron chi connectivity index (χ1n) is 9.51. The Bertz CT molecular complexity index is 832. The van der Waals surface area contributed by atoms with Crippen LogP contribution in [-0.4, -0.2) is 52.6 Å². The summed E-state index contributed by atoms with van der Waals surface area (Å²) in [6.07, 6.45) is 1.95. The van der Waals surface area contributed by atoms with Gasteiger partial charge in [0.05, 0.1) is 11.1 Å². The minimum atomic E-state index is -0.936. The summed E-state index contributed by atoms with van der Waals surface area (Å²) >= 11 is 0. The number of benzene rings is 1. The molecule has 0 bridgehead atoms. The average molecular weight is 356 g/mol. The van der Waals surface area contributed by atoms with Gasteiger partial charge in [-0.1, -0.05) is 12.5 Å². The highest BCUT2D eigenvalue weighted by atomic mass is 16.2. The smallest absolute Gasteiger partial charge is 0.262 e. The summed E-state index contributed by atoms with van der Waals surface area (Å²) in [4.78, 5) is 52.2. The van der Waals surface area contributed by atoms with Gasteiger partial charge in [-0.25, -0.2) is 0 Å². The third-order valence-corrected chi connectivity index (χ3v) is 5.21. The van der Waals surface area contributed by atoms with Crippen LogP contribution in [-0.2, 0) is 16.1 Å². The van der Waals surface area contributed by atoms with E-state index in [9.17, 15) is 19.2 Å². The number of likely N-dealkylation sites (tertiary alicyclic amines) is 1. The Balaban J connectivity index is 1.53. The maximum Gasteiger partial charge on any atom is 0.262 e. The Labute approximate surface area is 152 Å². The molecule has 2 fully saturated rings. The highest BCUT2D eigenvalue weighted by molar-refractivity contribution is 6.23. The zero-order valence-electron chi connectivity index (χ0n) is 15.4. The predicted octanol–water partition coefficient (Wildman–Crippen LogP) is 1.07. The summed E-state index contributed by atoms with van der Waals surface area (Å²) in [5.74, 6) is -1.94. The Morgan fingerprint density at radius 2 is 1.81 bits per heavy atom. The second-order valence-electron chi connectivity index (χ2n) is 6.97. The highest BCUT2D eigenvalue weighted by Crippen LogP contribution is 2.28. The van der Waals surface area contributed by atoms with Gasteiger partial charge in [-0.15, -0.1) is 0 Å². The number of nitrogens with zero attached hydrogens (tertiary/aromatic N) is 2. The summed E-state index contributed by atoms with van der Waals surface area (Å²) in [6.45, 7) is 2.36. The number of carbonyl (C=O) groups is 4. The number of piperidine rings is 2. The largest absolute Gasteiger partial charge is 0.299 e. The minimum absolute atomic E-state index is 0.00236. The van der Waals surface area contributed by atoms with Crippen LogP contribution in [0, 0.1) is 0 Å². The first kappa shape index (κ1) is 15.7. The van der Waals surface area contributed by atoms with Crippen LogP contribution in [0.3, 0.4) is 0 Å². The van der Waals surface area contributed by atoms with Crippen LogP contribution in [0.5, 0.6) is 0 Å². The van der Waals surface area contributed by atoms with E-state index in [0.717, 1.165) is 36.4 Å². The molecular weight excluding hydrogens is 334 g/mol. The van der Waals surface area contributed by atoms with Gasteiger partial charge in [-0.05, 0) is 50.0 Å². The standard InChI is InChI=1S/C19H21N3O4/c23-16-7-6-15(17(24)20-16)22-18(25)13-5-4-12(10-14(13)19(22)26)11-21-8-2-1-3-9-21/h4-5,10,15H,1-3,6-9,11H2,(H,20,23,24)/i1D. The summed E-state index contributed by atoms with van der Waals surface area (Å²) in [6, 6.07) is 4.28. The molecule has 4 amide bonds. The Hall–Kier alpha value is -2.54. The number of amides is 4. The van der Waals surface area contributed by atoms with Crippen molar-refractivity contribution in [2.75, 3.05) is 13.1 Å². The van der Waals surface area contributed by atoms with Gasteiger partial charge < -0.3 is 0 Å². The van der Waals surface area contributed by atoms with Gasteiger partial charge in [0.15, 0.2) is 0 Å². The van der Waals surface area contributed by atoms with Gasteiger partial charge in [-0.3, -0.25) is 34.3 Å². The fourth-order valence-corrected chi connectivity index (χ4v) is 3.84. The van der Waals surface area contributed by atoms with E-state index in [4.69, 9.17) is 1.37 Å². The number of imide groups is 2. The normalized spacial score (nSPS) is 25.3. The molecule has 0 aromatic heterocycles. The maximum atomic E-state index is 12.8. The van der Waals surface area contributed by atoms with Crippen LogP contribution >= 0.6 is 0 Å². The molecule has 3 aliphatic heterocycles. The Morgan fingerprint density at radius 3 is 2.54 bits per heavy atom. The monoisotopic (exact) mass is 356 g/mol. The lowest BCUT2D eigenvalue weighted by atomic mass is 10.0. The van der Waals surface area contributed by atoms with Crippen LogP contribution in [0.25, 0.3) is 0 Å². The maximum absolute atomic E-state index is 12.8. The van der Waals surface area contributed by atoms with E-state index >= 15 is 0 Å². The SMILES string of the molecule is [2H]C1CCN(Cc2ccc3c(c2)C(=O)N(C2CCC(=O)NC2=O)C3=O)CC1. The lowest BCUT2D eigenvalue weighted by Gasteiger charge is -2.27. The molecule has 136 valence electrons. The first-order chi connectivity index (χ1) is 12.9. The Morgan fingerprint density at radius 1 is 1.08 bits per heavy atom. The van der Waals surface area contributed by atoms with Crippen molar-refractivity contribution in [2.45, 2.75) is 44.7 Å². The molecule has 0 spiro atoms. The van der Waals surface area contributed by atoms with Crippen molar-refractivity contribution in [3.63, 3.8) is 0 Å². The zero-order chi connectivity index (χ0) is 19.1. The third-order valence-electron chi connectivity index (χ3n) is 5.21. The number of fused-ring (bicyclic) bond motifs is 1. The molecule has 0 aliphatic carbocycles. The summed E-state index contributed by atoms with van der Waals surface area (Å²) in [5.41, 5.74) is 1.55. The van der Waals surface area contributed by atoms with Gasteiger partial charge in [0, 0.05) is 14.3 Å². The molecule has 1 N–H and O–H groups in total. The molecule has 2 saturated heterocycles. The van der Waals surface area contributed by atoms with E-state index in [2.05, 4.69) is 10.2 Å². The van der Waals surface area contributed by atoms with Crippen LogP contribution in [0.1, 0.15) is 59.7 Å². The van der Waals surface area contributed by atoms with Crippen LogP contribution < -0.4 is 5.32 Å². The molecule has 7 heteroatoms. The molecule has 0 radical (unpaired) electrons. The number of nitrogens with one attached hydrogen (secondary N) is 1. The molecule has 1 aromatic rings. The minimum Gasteiger partial charge on any atom is -0.299 e. The molecule has 1 atom stereocenters. The second-order valence-corrected chi connectivity index (χ2v) is 6.97. The number of rotatable bonds is 3. The fraction of sp³-hybridized carbons (Fsp3) is 0.474. The van der Waals surface area contributed by atoms with Crippen molar-refractivity contribution < 1.29 is 20.5 Å². The van der Waals surface area contributed by atoms with E-state index in [1.807, 2.05) is 6.07 Å². The van der Waals surface area contributed by atoms with Gasteiger partial charge >= 0.3 is 0 Å². The highest BCUT2D eigenvalue weighted by Gasteiger charge is 2.44. The molecule has 3 aliphatic rings. The van der Waals surface area contributed by atoms with Crippen LogP contribution in [0.15, 0.2) is 18.2 Å². The number of hydrogen-bond acceptors (Lipinski definition) is 5. The molecule has 0 saturated carbocycles. The summed E-state index contributed by atoms with van der Waals surface area (Å²) in [7, 11) is 0. The molecule has 4 rings (SSSR count). The van der Waals surface area contributed by atoms with E-state index in [0.29, 0.717) is 17.7 Å². The van der Waals surface area contributed by atoms with Crippen molar-refractivity contribution in [2.24, 2.45) is 0 Å². The zero-order valence-corrected chi connectivity index (χ0v) is 14.4. The third kappa shape index (κ3) is 2.92. The number of hydrogen-bond donors (Lipinski definition) is 1. The lowest BCUT2D eigenvalue weighted by molar-refractivity contribution is -0.136. The van der Waals surface area contributed by atoms with Gasteiger partial charge in [0.25, 0.3) is 11.8 Å². The number of carbonyl (C=O) groups excluding carboxylic acids is 4. The molecule has 26 heavy (non-hydrogen) atoms. The molecule has 3 heterocycles. The molecular formula is C19H21N3O4. The first-order valence-corrected chi connectivity index (χ1v) is 8.93. The van der Waals surface area contributed by atoms with Crippen molar-refractivity contribution in [3.05, 3.63) is 34.9 Å². The predicted molar refractivity (Wildman–Crippen MR) is 92.2 cm³/mol. The van der Waals surface area contributed by atoms with Crippen molar-refractivity contribution in [1.82, 2.24) is 15.1 Å². The van der Waals surface area contributed by atoms with Gasteiger partial charge in [0.2, 0.25) is 11.8 Å². The summed E-state index contributed by atoms with van der Waals surface area (Å²) in [5, 5.41) is 2.20. The quantitative estimate of drug-likeness (QED) is 0.819. The van der Waals surface area contributed by atoms with E-state index in [1.54, 1.807) is 12.1 Å². The van der Waals surface area contributed by atoms with Crippen molar-refractivity contribution >= 4 is 23.6 Å². The van der Waals surface area contributed by atoms with Crippen LogP contribution in [0.4, 0.5) is 0 Å². The van der Waals surface area contributed by atoms with Crippen LogP contribution in [0.2, 0.25) is 0 Å². The second kappa shape index (κ2) is 6.64. The van der Waals surface area contributed by atoms with E-state index in [1.165, 1.54) is 0 Å². The van der Waals surface area contributed by atoms with Gasteiger partial charge in [0.1, 0.15) is 6.04 Å². The van der Waals surface area contributed by atoms with E-state index in [-0.39, 0.29) is 25.1 Å². The fourth-order valence-electron chi connectivity index (χ4n) is 3.84. The average Bonchev–Trinajstić information content (AvgIpc) is 2.88. The molecule has 7 nitrogen and oxygen atoms in total. The lowest BCUT2D eigenvalue weighted by Crippen LogP contribution is -2.54. The molecule has 1 aromatic carbocycles. The van der Waals surface area contributed by atoms with Crippen molar-refractivity contribution in [3.8, 4) is 0 Å². The topological polar surface area (TPSA) is 86.8 Å². The van der Waals surface area contributed by atoms with Crippen molar-refractivity contribution in [1.29, 1.82) is 0 Å². The molecule has 1 unspecified atom stereocenters. The van der Waals surface area contributed by atoms with Gasteiger partial charge in [-0.2, -0.15) is 0 Å². The Kier molecular flexibility index (Phi) is 4.01.